The topological polar surface area (TPSA) is 76.6 Å². The molecule has 1 N–H and O–H groups in total. The van der Waals surface area contributed by atoms with Crippen LogP contribution in [-0.2, 0) is 0 Å². The first-order chi connectivity index (χ1) is 12.8. The highest BCUT2D eigenvalue weighted by Gasteiger charge is 2.31. The van der Waals surface area contributed by atoms with Crippen LogP contribution in [0.3, 0.4) is 0 Å². The maximum absolute atomic E-state index is 12.2. The molecule has 2 aromatic rings. The van der Waals surface area contributed by atoms with Gasteiger partial charge in [-0.1, -0.05) is 0 Å². The summed E-state index contributed by atoms with van der Waals surface area (Å²) in [6, 6.07) is 5.03. The molecule has 1 fully saturated rings. The Labute approximate surface area is 157 Å². The second-order valence-electron chi connectivity index (χ2n) is 5.90. The molecular formula is C16H17F3N4O3S. The Bertz CT molecular complexity index is 774. The average molecular weight is 402 g/mol. The number of nitrogens with zero attached hydrogens (tertiary/aromatic N) is 3. The minimum atomic E-state index is -4.72. The highest BCUT2D eigenvalue weighted by molar-refractivity contribution is 7.09. The van der Waals surface area contributed by atoms with Crippen molar-refractivity contribution >= 4 is 22.7 Å². The summed E-state index contributed by atoms with van der Waals surface area (Å²) in [4.78, 5) is 18.0. The third-order valence-electron chi connectivity index (χ3n) is 3.83. The summed E-state index contributed by atoms with van der Waals surface area (Å²) in [6.45, 7) is 2.75. The molecule has 0 aliphatic carbocycles. The smallest absolute Gasteiger partial charge is 0.490 e. The fraction of sp³-hybridized carbons (Fsp3) is 0.438. The van der Waals surface area contributed by atoms with Crippen molar-refractivity contribution in [1.82, 2.24) is 14.3 Å². The molecule has 0 bridgehead atoms. The number of ether oxygens (including phenoxy) is 2. The number of nitrogens with one attached hydrogen (secondary N) is 1. The van der Waals surface area contributed by atoms with Gasteiger partial charge in [0.25, 0.3) is 0 Å². The SMILES string of the molecule is Cc1nsc(NC(=O)N2CCC(Oc3ccc(OC(F)(F)F)cc3)CC2)n1. The first-order valence-corrected chi connectivity index (χ1v) is 8.94. The number of hydrogen-bond donors (Lipinski definition) is 1. The predicted octanol–water partition coefficient (Wildman–Crippen LogP) is 3.82. The molecule has 0 atom stereocenters. The molecule has 3 rings (SSSR count). The largest absolute Gasteiger partial charge is 0.573 e. The molecule has 2 amide bonds. The van der Waals surface area contributed by atoms with E-state index in [1.807, 2.05) is 0 Å². The predicted molar refractivity (Wildman–Crippen MR) is 92.0 cm³/mol. The van der Waals surface area contributed by atoms with Crippen LogP contribution in [0.4, 0.5) is 23.1 Å². The Morgan fingerprint density at radius 2 is 1.85 bits per heavy atom. The molecule has 7 nitrogen and oxygen atoms in total. The quantitative estimate of drug-likeness (QED) is 0.841. The summed E-state index contributed by atoms with van der Waals surface area (Å²) in [5.41, 5.74) is 0. The van der Waals surface area contributed by atoms with Gasteiger partial charge >= 0.3 is 12.4 Å². The molecule has 0 unspecified atom stereocenters. The fourth-order valence-corrected chi connectivity index (χ4v) is 3.17. The van der Waals surface area contributed by atoms with Crippen molar-refractivity contribution in [2.75, 3.05) is 18.4 Å². The minimum absolute atomic E-state index is 0.118. The van der Waals surface area contributed by atoms with Crippen LogP contribution in [0, 0.1) is 6.92 Å². The lowest BCUT2D eigenvalue weighted by molar-refractivity contribution is -0.274. The Morgan fingerprint density at radius 1 is 1.22 bits per heavy atom. The number of carbonyl (C=O) groups is 1. The van der Waals surface area contributed by atoms with Crippen LogP contribution in [0.1, 0.15) is 18.7 Å². The molecule has 146 valence electrons. The molecule has 0 spiro atoms. The number of urea groups is 1. The number of benzene rings is 1. The Morgan fingerprint density at radius 3 is 2.41 bits per heavy atom. The molecule has 0 radical (unpaired) electrons. The number of rotatable bonds is 4. The van der Waals surface area contributed by atoms with Crippen LogP contribution in [0.25, 0.3) is 0 Å². The van der Waals surface area contributed by atoms with Gasteiger partial charge in [0.1, 0.15) is 23.4 Å². The molecule has 2 heterocycles. The van der Waals surface area contributed by atoms with Crippen LogP contribution in [0.2, 0.25) is 0 Å². The lowest BCUT2D eigenvalue weighted by atomic mass is 10.1. The van der Waals surface area contributed by atoms with Crippen molar-refractivity contribution in [3.8, 4) is 11.5 Å². The zero-order chi connectivity index (χ0) is 19.4. The molecular weight excluding hydrogens is 385 g/mol. The number of aryl methyl sites for hydroxylation is 1. The summed E-state index contributed by atoms with van der Waals surface area (Å²) in [5.74, 6) is 0.763. The number of likely N-dealkylation sites (tertiary alicyclic amines) is 1. The van der Waals surface area contributed by atoms with E-state index >= 15 is 0 Å². The van der Waals surface area contributed by atoms with Gasteiger partial charge in [-0.25, -0.2) is 9.78 Å². The van der Waals surface area contributed by atoms with Gasteiger partial charge in [-0.05, 0) is 31.2 Å². The van der Waals surface area contributed by atoms with Crippen molar-refractivity contribution in [1.29, 1.82) is 0 Å². The van der Waals surface area contributed by atoms with Crippen molar-refractivity contribution in [2.24, 2.45) is 0 Å². The summed E-state index contributed by atoms with van der Waals surface area (Å²) in [5, 5.41) is 3.16. The van der Waals surface area contributed by atoms with Crippen molar-refractivity contribution in [3.63, 3.8) is 0 Å². The number of hydrogen-bond acceptors (Lipinski definition) is 6. The van der Waals surface area contributed by atoms with E-state index in [1.54, 1.807) is 11.8 Å². The van der Waals surface area contributed by atoms with E-state index in [-0.39, 0.29) is 17.9 Å². The molecule has 11 heteroatoms. The highest BCUT2D eigenvalue weighted by Crippen LogP contribution is 2.26. The Hall–Kier alpha value is -2.56. The van der Waals surface area contributed by atoms with E-state index in [0.29, 0.717) is 42.6 Å². The number of aromatic nitrogens is 2. The summed E-state index contributed by atoms with van der Waals surface area (Å²) >= 11 is 1.12. The molecule has 1 aliphatic rings. The van der Waals surface area contributed by atoms with Gasteiger partial charge in [0, 0.05) is 37.5 Å². The molecule has 0 saturated carbocycles. The van der Waals surface area contributed by atoms with E-state index < -0.39 is 6.36 Å². The number of carbonyl (C=O) groups excluding carboxylic acids is 1. The van der Waals surface area contributed by atoms with Crippen LogP contribution in [0.15, 0.2) is 24.3 Å². The second kappa shape index (κ2) is 7.99. The number of alkyl halides is 3. The van der Waals surface area contributed by atoms with Crippen LogP contribution >= 0.6 is 11.5 Å². The third kappa shape index (κ3) is 5.71. The van der Waals surface area contributed by atoms with Gasteiger partial charge < -0.3 is 14.4 Å². The highest BCUT2D eigenvalue weighted by atomic mass is 32.1. The third-order valence-corrected chi connectivity index (χ3v) is 4.55. The van der Waals surface area contributed by atoms with Gasteiger partial charge in [-0.2, -0.15) is 4.37 Å². The summed E-state index contributed by atoms with van der Waals surface area (Å²) in [7, 11) is 0. The van der Waals surface area contributed by atoms with Gasteiger partial charge in [-0.15, -0.1) is 13.2 Å². The van der Waals surface area contributed by atoms with E-state index in [1.165, 1.54) is 24.3 Å². The maximum atomic E-state index is 12.2. The van der Waals surface area contributed by atoms with E-state index in [4.69, 9.17) is 4.74 Å². The molecule has 1 aromatic heterocycles. The number of piperidine rings is 1. The van der Waals surface area contributed by atoms with Gasteiger partial charge in [0.2, 0.25) is 5.13 Å². The number of halogens is 3. The summed E-state index contributed by atoms with van der Waals surface area (Å²) in [6.07, 6.45) is -3.61. The molecule has 1 aromatic carbocycles. The number of anilines is 1. The summed E-state index contributed by atoms with van der Waals surface area (Å²) < 4.78 is 50.1. The molecule has 1 saturated heterocycles. The normalized spacial score (nSPS) is 15.5. The van der Waals surface area contributed by atoms with Gasteiger partial charge in [0.05, 0.1) is 0 Å². The standard InChI is InChI=1S/C16H17F3N4O3S/c1-10-20-14(27-22-10)21-15(24)23-8-6-12(7-9-23)25-11-2-4-13(5-3-11)26-16(17,18)19/h2-5,12H,6-9H2,1H3,(H,20,21,22,24). The lowest BCUT2D eigenvalue weighted by Gasteiger charge is -2.31. The van der Waals surface area contributed by atoms with Crippen LogP contribution in [0.5, 0.6) is 11.5 Å². The monoisotopic (exact) mass is 402 g/mol. The first kappa shape index (κ1) is 19.2. The Kier molecular flexibility index (Phi) is 5.68. The van der Waals surface area contributed by atoms with Crippen molar-refractivity contribution < 1.29 is 27.4 Å². The maximum Gasteiger partial charge on any atom is 0.573 e. The minimum Gasteiger partial charge on any atom is -0.490 e. The second-order valence-corrected chi connectivity index (χ2v) is 6.65. The lowest BCUT2D eigenvalue weighted by Crippen LogP contribution is -2.43. The van der Waals surface area contributed by atoms with Gasteiger partial charge in [-0.3, -0.25) is 5.32 Å². The van der Waals surface area contributed by atoms with Crippen molar-refractivity contribution in [2.45, 2.75) is 32.2 Å². The Balaban J connectivity index is 1.45. The average Bonchev–Trinajstić information content (AvgIpc) is 3.01. The molecule has 27 heavy (non-hydrogen) atoms. The van der Waals surface area contributed by atoms with E-state index in [9.17, 15) is 18.0 Å². The first-order valence-electron chi connectivity index (χ1n) is 8.17. The zero-order valence-corrected chi connectivity index (χ0v) is 15.1. The number of amides is 2. The van der Waals surface area contributed by atoms with Crippen LogP contribution < -0.4 is 14.8 Å². The van der Waals surface area contributed by atoms with E-state index in [0.717, 1.165) is 11.5 Å². The molecule has 1 aliphatic heterocycles. The fourth-order valence-electron chi connectivity index (χ4n) is 2.61. The van der Waals surface area contributed by atoms with Crippen LogP contribution in [-0.4, -0.2) is 45.8 Å². The van der Waals surface area contributed by atoms with Crippen molar-refractivity contribution in [3.05, 3.63) is 30.1 Å². The van der Waals surface area contributed by atoms with E-state index in [2.05, 4.69) is 19.4 Å². The van der Waals surface area contributed by atoms with Gasteiger partial charge in [0.15, 0.2) is 0 Å². The zero-order valence-electron chi connectivity index (χ0n) is 14.3.